The molecule has 0 heterocycles. The summed E-state index contributed by atoms with van der Waals surface area (Å²) in [6.07, 6.45) is 0.877. The van der Waals surface area contributed by atoms with Crippen LogP contribution in [0.5, 0.6) is 0 Å². The van der Waals surface area contributed by atoms with Crippen LogP contribution in [-0.4, -0.2) is 26.0 Å². The minimum absolute atomic E-state index is 0.113. The van der Waals surface area contributed by atoms with E-state index >= 15 is 0 Å². The van der Waals surface area contributed by atoms with E-state index < -0.39 is 0 Å². The van der Waals surface area contributed by atoms with Crippen LogP contribution in [0.1, 0.15) is 36.5 Å². The first kappa shape index (κ1) is 18.2. The van der Waals surface area contributed by atoms with E-state index in [0.29, 0.717) is 19.0 Å². The number of rotatable bonds is 8. The molecule has 0 aliphatic carbocycles. The topological polar surface area (TPSA) is 33.5 Å². The summed E-state index contributed by atoms with van der Waals surface area (Å²) in [6, 6.07) is 19.0. The fourth-order valence-corrected chi connectivity index (χ4v) is 2.76. The summed E-state index contributed by atoms with van der Waals surface area (Å²) in [5, 5.41) is 3.01. The Morgan fingerprint density at radius 1 is 1.00 bits per heavy atom. The number of hydrogen-bond donors (Lipinski definition) is 2. The molecule has 0 bridgehead atoms. The Bertz CT molecular complexity index is 620. The van der Waals surface area contributed by atoms with Gasteiger partial charge in [0.2, 0.25) is 0 Å². The van der Waals surface area contributed by atoms with Gasteiger partial charge in [-0.05, 0) is 23.5 Å². The third kappa shape index (κ3) is 6.17. The standard InChI is InChI=1S/C21H28N2O/c1-17(2)20-11-9-19(10-12-20)15-23(3)16-21(24)22-14-13-18-7-5-4-6-8-18/h4-12,17H,13-16H2,1-3H3,(H,22,24)/p+1. The molecular weight excluding hydrogens is 296 g/mol. The van der Waals surface area contributed by atoms with Gasteiger partial charge in [0, 0.05) is 12.1 Å². The molecule has 0 saturated carbocycles. The van der Waals surface area contributed by atoms with Crippen LogP contribution in [0, 0.1) is 0 Å². The van der Waals surface area contributed by atoms with Gasteiger partial charge in [-0.3, -0.25) is 4.79 Å². The van der Waals surface area contributed by atoms with E-state index in [4.69, 9.17) is 0 Å². The van der Waals surface area contributed by atoms with Crippen molar-refractivity contribution in [3.8, 4) is 0 Å². The lowest BCUT2D eigenvalue weighted by Crippen LogP contribution is -3.08. The average Bonchev–Trinajstić information content (AvgIpc) is 2.56. The summed E-state index contributed by atoms with van der Waals surface area (Å²) >= 11 is 0. The first-order valence-corrected chi connectivity index (χ1v) is 8.75. The quantitative estimate of drug-likeness (QED) is 0.766. The molecule has 2 rings (SSSR count). The van der Waals surface area contributed by atoms with Gasteiger partial charge in [-0.25, -0.2) is 0 Å². The van der Waals surface area contributed by atoms with E-state index in [1.165, 1.54) is 21.6 Å². The smallest absolute Gasteiger partial charge is 0.275 e. The molecule has 3 nitrogen and oxygen atoms in total. The maximum absolute atomic E-state index is 12.0. The van der Waals surface area contributed by atoms with Gasteiger partial charge in [-0.15, -0.1) is 0 Å². The van der Waals surface area contributed by atoms with Crippen molar-refractivity contribution in [2.45, 2.75) is 32.7 Å². The molecule has 2 N–H and O–H groups in total. The number of carbonyl (C=O) groups excluding carboxylic acids is 1. The highest BCUT2D eigenvalue weighted by Crippen LogP contribution is 2.14. The number of hydrogen-bond acceptors (Lipinski definition) is 1. The van der Waals surface area contributed by atoms with E-state index in [9.17, 15) is 4.79 Å². The van der Waals surface area contributed by atoms with E-state index in [-0.39, 0.29) is 5.91 Å². The van der Waals surface area contributed by atoms with Crippen LogP contribution in [0.15, 0.2) is 54.6 Å². The Kier molecular flexibility index (Phi) is 7.01. The second-order valence-corrected chi connectivity index (χ2v) is 6.79. The van der Waals surface area contributed by atoms with Crippen molar-refractivity contribution >= 4 is 5.91 Å². The molecule has 1 unspecified atom stereocenters. The number of carbonyl (C=O) groups is 1. The SMILES string of the molecule is CC(C)c1ccc(C[NH+](C)CC(=O)NCCc2ccccc2)cc1. The summed E-state index contributed by atoms with van der Waals surface area (Å²) in [6.45, 7) is 6.46. The number of benzene rings is 2. The number of amides is 1. The van der Waals surface area contributed by atoms with Crippen LogP contribution in [0.2, 0.25) is 0 Å². The van der Waals surface area contributed by atoms with Crippen molar-refractivity contribution in [1.29, 1.82) is 0 Å². The normalized spacial score (nSPS) is 12.2. The van der Waals surface area contributed by atoms with Crippen LogP contribution in [0.25, 0.3) is 0 Å². The van der Waals surface area contributed by atoms with Gasteiger partial charge in [0.1, 0.15) is 6.54 Å². The summed E-state index contributed by atoms with van der Waals surface area (Å²) in [5.41, 5.74) is 3.88. The third-order valence-electron chi connectivity index (χ3n) is 4.19. The van der Waals surface area contributed by atoms with Gasteiger partial charge in [-0.1, -0.05) is 68.4 Å². The molecule has 2 aromatic rings. The minimum atomic E-state index is 0.113. The molecule has 0 saturated heterocycles. The molecule has 128 valence electrons. The molecule has 24 heavy (non-hydrogen) atoms. The zero-order chi connectivity index (χ0) is 17.4. The maximum atomic E-state index is 12.0. The van der Waals surface area contributed by atoms with Crippen molar-refractivity contribution in [1.82, 2.24) is 5.32 Å². The predicted octanol–water partition coefficient (Wildman–Crippen LogP) is 2.18. The lowest BCUT2D eigenvalue weighted by molar-refractivity contribution is -0.885. The van der Waals surface area contributed by atoms with Crippen molar-refractivity contribution in [2.75, 3.05) is 20.1 Å². The Morgan fingerprint density at radius 2 is 1.67 bits per heavy atom. The van der Waals surface area contributed by atoms with E-state index in [1.807, 2.05) is 18.2 Å². The first-order valence-electron chi connectivity index (χ1n) is 8.75. The van der Waals surface area contributed by atoms with Gasteiger partial charge in [0.25, 0.3) is 5.91 Å². The second kappa shape index (κ2) is 9.24. The molecule has 1 amide bonds. The van der Waals surface area contributed by atoms with E-state index in [1.54, 1.807) is 0 Å². The summed E-state index contributed by atoms with van der Waals surface area (Å²) in [7, 11) is 2.06. The summed E-state index contributed by atoms with van der Waals surface area (Å²) in [5.74, 6) is 0.668. The van der Waals surface area contributed by atoms with Crippen molar-refractivity contribution in [3.05, 3.63) is 71.3 Å². The Labute approximate surface area is 145 Å². The molecule has 0 fully saturated rings. The molecule has 0 aliphatic rings. The number of likely N-dealkylation sites (N-methyl/N-ethyl adjacent to an activating group) is 1. The number of nitrogens with one attached hydrogen (secondary N) is 2. The predicted molar refractivity (Wildman–Crippen MR) is 99.1 cm³/mol. The Balaban J connectivity index is 1.71. The van der Waals surface area contributed by atoms with E-state index in [0.717, 1.165) is 13.0 Å². The Morgan fingerprint density at radius 3 is 2.29 bits per heavy atom. The van der Waals surface area contributed by atoms with Crippen LogP contribution < -0.4 is 10.2 Å². The Hall–Kier alpha value is -2.13. The molecule has 0 radical (unpaired) electrons. The fraction of sp³-hybridized carbons (Fsp3) is 0.381. The molecular formula is C21H29N2O+. The molecule has 2 aromatic carbocycles. The molecule has 0 aliphatic heterocycles. The highest BCUT2D eigenvalue weighted by Gasteiger charge is 2.10. The summed E-state index contributed by atoms with van der Waals surface area (Å²) in [4.78, 5) is 13.2. The molecule has 0 aromatic heterocycles. The van der Waals surface area contributed by atoms with Crippen molar-refractivity contribution in [2.24, 2.45) is 0 Å². The highest BCUT2D eigenvalue weighted by molar-refractivity contribution is 5.76. The second-order valence-electron chi connectivity index (χ2n) is 6.79. The lowest BCUT2D eigenvalue weighted by Gasteiger charge is -2.14. The lowest BCUT2D eigenvalue weighted by atomic mass is 10.0. The summed E-state index contributed by atoms with van der Waals surface area (Å²) < 4.78 is 0. The first-order chi connectivity index (χ1) is 11.5. The monoisotopic (exact) mass is 325 g/mol. The van der Waals surface area contributed by atoms with Gasteiger partial charge < -0.3 is 10.2 Å². The van der Waals surface area contributed by atoms with Crippen LogP contribution >= 0.6 is 0 Å². The zero-order valence-electron chi connectivity index (χ0n) is 15.0. The van der Waals surface area contributed by atoms with Crippen LogP contribution in [0.3, 0.4) is 0 Å². The van der Waals surface area contributed by atoms with Crippen LogP contribution in [-0.2, 0) is 17.8 Å². The van der Waals surface area contributed by atoms with E-state index in [2.05, 4.69) is 62.6 Å². The van der Waals surface area contributed by atoms with Gasteiger partial charge in [-0.2, -0.15) is 0 Å². The van der Waals surface area contributed by atoms with Crippen molar-refractivity contribution < 1.29 is 9.69 Å². The maximum Gasteiger partial charge on any atom is 0.275 e. The molecule has 3 heteroatoms. The third-order valence-corrected chi connectivity index (χ3v) is 4.19. The van der Waals surface area contributed by atoms with Gasteiger partial charge in [0.05, 0.1) is 7.05 Å². The van der Waals surface area contributed by atoms with Gasteiger partial charge in [0.15, 0.2) is 6.54 Å². The average molecular weight is 325 g/mol. The molecule has 1 atom stereocenters. The van der Waals surface area contributed by atoms with Gasteiger partial charge >= 0.3 is 0 Å². The zero-order valence-corrected chi connectivity index (χ0v) is 15.0. The molecule has 0 spiro atoms. The largest absolute Gasteiger partial charge is 0.351 e. The minimum Gasteiger partial charge on any atom is -0.351 e. The number of quaternary nitrogens is 1. The highest BCUT2D eigenvalue weighted by atomic mass is 16.2. The fourth-order valence-electron chi connectivity index (χ4n) is 2.76. The van der Waals surface area contributed by atoms with Crippen LogP contribution in [0.4, 0.5) is 0 Å². The van der Waals surface area contributed by atoms with Crippen molar-refractivity contribution in [3.63, 3.8) is 0 Å².